The van der Waals surface area contributed by atoms with Crippen LogP contribution in [0.3, 0.4) is 0 Å². The van der Waals surface area contributed by atoms with Gasteiger partial charge in [-0.15, -0.1) is 0 Å². The van der Waals surface area contributed by atoms with Crippen LogP contribution in [0.15, 0.2) is 24.3 Å². The summed E-state index contributed by atoms with van der Waals surface area (Å²) < 4.78 is 5.91. The summed E-state index contributed by atoms with van der Waals surface area (Å²) in [6, 6.07) is 8.70. The third-order valence-corrected chi connectivity index (χ3v) is 5.10. The molecule has 0 aliphatic carbocycles. The summed E-state index contributed by atoms with van der Waals surface area (Å²) in [7, 11) is 0. The van der Waals surface area contributed by atoms with Crippen LogP contribution in [0.5, 0.6) is 5.75 Å². The van der Waals surface area contributed by atoms with Crippen molar-refractivity contribution in [2.24, 2.45) is 0 Å². The van der Waals surface area contributed by atoms with Gasteiger partial charge in [0.25, 0.3) is 0 Å². The van der Waals surface area contributed by atoms with Crippen LogP contribution in [-0.4, -0.2) is 62.2 Å². The Morgan fingerprint density at radius 3 is 2.46 bits per heavy atom. The molecule has 0 radical (unpaired) electrons. The lowest BCUT2D eigenvalue weighted by molar-refractivity contribution is 0.205. The van der Waals surface area contributed by atoms with Crippen LogP contribution in [0.4, 0.5) is 0 Å². The predicted octanol–water partition coefficient (Wildman–Crippen LogP) is 2.74. The Morgan fingerprint density at radius 2 is 1.62 bits per heavy atom. The monoisotopic (exact) mass is 331 g/mol. The summed E-state index contributed by atoms with van der Waals surface area (Å²) in [5.41, 5.74) is 1.39. The fourth-order valence-electron chi connectivity index (χ4n) is 3.67. The molecule has 134 valence electrons. The van der Waals surface area contributed by atoms with E-state index in [1.54, 1.807) is 0 Å². The number of benzene rings is 1. The largest absolute Gasteiger partial charge is 0.494 e. The minimum Gasteiger partial charge on any atom is -0.494 e. The number of nitrogens with zero attached hydrogens (tertiary/aromatic N) is 2. The Balaban J connectivity index is 1.34. The van der Waals surface area contributed by atoms with E-state index in [4.69, 9.17) is 4.74 Å². The van der Waals surface area contributed by atoms with Gasteiger partial charge in [0.1, 0.15) is 5.75 Å². The van der Waals surface area contributed by atoms with Crippen LogP contribution in [0.25, 0.3) is 0 Å². The van der Waals surface area contributed by atoms with Crippen molar-refractivity contribution in [3.63, 3.8) is 0 Å². The molecule has 3 rings (SSSR count). The molecule has 0 aromatic heterocycles. The van der Waals surface area contributed by atoms with E-state index in [9.17, 15) is 0 Å². The van der Waals surface area contributed by atoms with E-state index in [2.05, 4.69) is 39.4 Å². The third-order valence-electron chi connectivity index (χ3n) is 5.10. The Bertz CT molecular complexity index is 448. The molecule has 0 spiro atoms. The molecule has 2 aliphatic rings. The van der Waals surface area contributed by atoms with Gasteiger partial charge in [-0.25, -0.2) is 0 Å². The molecule has 2 heterocycles. The molecule has 1 aromatic rings. The number of piperidine rings is 1. The van der Waals surface area contributed by atoms with Gasteiger partial charge in [-0.1, -0.05) is 18.6 Å². The standard InChI is InChI=1S/C20H33N3O/c1-2-12-22(13-3-1)15-5-17-24-20-8-6-19(7-9-20)18-23-14-4-10-21-11-16-23/h6-9,21H,1-5,10-18H2. The zero-order valence-corrected chi connectivity index (χ0v) is 15.0. The highest BCUT2D eigenvalue weighted by molar-refractivity contribution is 5.27. The second-order valence-electron chi connectivity index (χ2n) is 7.13. The highest BCUT2D eigenvalue weighted by Gasteiger charge is 2.10. The number of ether oxygens (including phenoxy) is 1. The lowest BCUT2D eigenvalue weighted by atomic mass is 10.1. The molecule has 2 fully saturated rings. The normalized spacial score (nSPS) is 20.7. The van der Waals surface area contributed by atoms with Gasteiger partial charge in [0.15, 0.2) is 0 Å². The molecule has 4 heteroatoms. The SMILES string of the molecule is c1cc(OCCCN2CCCCC2)ccc1CN1CCCNCC1. The number of nitrogens with one attached hydrogen (secondary N) is 1. The lowest BCUT2D eigenvalue weighted by Crippen LogP contribution is -2.31. The molecule has 0 bridgehead atoms. The summed E-state index contributed by atoms with van der Waals surface area (Å²) >= 11 is 0. The van der Waals surface area contributed by atoms with Gasteiger partial charge in [-0.05, 0) is 69.6 Å². The van der Waals surface area contributed by atoms with Crippen LogP contribution in [0.2, 0.25) is 0 Å². The van der Waals surface area contributed by atoms with Gasteiger partial charge in [0.2, 0.25) is 0 Å². The Labute approximate surface area is 147 Å². The molecule has 2 aliphatic heterocycles. The van der Waals surface area contributed by atoms with Crippen LogP contribution in [-0.2, 0) is 6.54 Å². The smallest absolute Gasteiger partial charge is 0.119 e. The number of rotatable bonds is 7. The van der Waals surface area contributed by atoms with Gasteiger partial charge in [0.05, 0.1) is 6.61 Å². The first kappa shape index (κ1) is 17.7. The van der Waals surface area contributed by atoms with E-state index in [-0.39, 0.29) is 0 Å². The highest BCUT2D eigenvalue weighted by atomic mass is 16.5. The molecule has 1 N–H and O–H groups in total. The molecule has 1 aromatic carbocycles. The minimum absolute atomic E-state index is 0.827. The molecule has 0 saturated carbocycles. The van der Waals surface area contributed by atoms with Crippen molar-refractivity contribution < 1.29 is 4.74 Å². The fraction of sp³-hybridized carbons (Fsp3) is 0.700. The second-order valence-corrected chi connectivity index (χ2v) is 7.13. The maximum Gasteiger partial charge on any atom is 0.119 e. The average Bonchev–Trinajstić information content (AvgIpc) is 2.90. The van der Waals surface area contributed by atoms with E-state index in [1.165, 1.54) is 57.4 Å². The van der Waals surface area contributed by atoms with E-state index in [1.807, 2.05) is 0 Å². The molecular weight excluding hydrogens is 298 g/mol. The molecule has 2 saturated heterocycles. The zero-order valence-electron chi connectivity index (χ0n) is 15.0. The van der Waals surface area contributed by atoms with Crippen molar-refractivity contribution in [1.82, 2.24) is 15.1 Å². The first-order valence-electron chi connectivity index (χ1n) is 9.77. The van der Waals surface area contributed by atoms with E-state index in [0.717, 1.165) is 45.0 Å². The van der Waals surface area contributed by atoms with Crippen molar-refractivity contribution in [2.75, 3.05) is 52.4 Å². The van der Waals surface area contributed by atoms with Crippen LogP contribution < -0.4 is 10.1 Å². The maximum atomic E-state index is 5.91. The molecule has 24 heavy (non-hydrogen) atoms. The minimum atomic E-state index is 0.827. The Kier molecular flexibility index (Phi) is 7.39. The molecule has 0 amide bonds. The Hall–Kier alpha value is -1.10. The third kappa shape index (κ3) is 6.08. The highest BCUT2D eigenvalue weighted by Crippen LogP contribution is 2.15. The average molecular weight is 332 g/mol. The summed E-state index contributed by atoms with van der Waals surface area (Å²) in [6.45, 7) is 10.2. The summed E-state index contributed by atoms with van der Waals surface area (Å²) in [6.07, 6.45) is 6.53. The van der Waals surface area contributed by atoms with Gasteiger partial charge in [-0.2, -0.15) is 0 Å². The van der Waals surface area contributed by atoms with Gasteiger partial charge < -0.3 is 15.0 Å². The Morgan fingerprint density at radius 1 is 0.833 bits per heavy atom. The van der Waals surface area contributed by atoms with Crippen LogP contribution in [0.1, 0.15) is 37.7 Å². The zero-order chi connectivity index (χ0) is 16.5. The summed E-state index contributed by atoms with van der Waals surface area (Å²) in [4.78, 5) is 5.11. The van der Waals surface area contributed by atoms with Gasteiger partial charge in [0, 0.05) is 26.2 Å². The number of likely N-dealkylation sites (tertiary alicyclic amines) is 1. The first-order chi connectivity index (χ1) is 11.9. The van der Waals surface area contributed by atoms with E-state index >= 15 is 0 Å². The van der Waals surface area contributed by atoms with Crippen molar-refractivity contribution in [2.45, 2.75) is 38.6 Å². The van der Waals surface area contributed by atoms with Crippen LogP contribution >= 0.6 is 0 Å². The molecule has 4 nitrogen and oxygen atoms in total. The van der Waals surface area contributed by atoms with Crippen LogP contribution in [0, 0.1) is 0 Å². The summed E-state index contributed by atoms with van der Waals surface area (Å²) in [5, 5.41) is 3.46. The fourth-order valence-corrected chi connectivity index (χ4v) is 3.67. The lowest BCUT2D eigenvalue weighted by Gasteiger charge is -2.26. The van der Waals surface area contributed by atoms with Crippen molar-refractivity contribution in [1.29, 1.82) is 0 Å². The van der Waals surface area contributed by atoms with Crippen molar-refractivity contribution >= 4 is 0 Å². The van der Waals surface area contributed by atoms with E-state index in [0.29, 0.717) is 0 Å². The summed E-state index contributed by atoms with van der Waals surface area (Å²) in [5.74, 6) is 1.01. The number of hydrogen-bond donors (Lipinski definition) is 1. The van der Waals surface area contributed by atoms with Crippen molar-refractivity contribution in [3.8, 4) is 5.75 Å². The molecular formula is C20H33N3O. The first-order valence-corrected chi connectivity index (χ1v) is 9.77. The quantitative estimate of drug-likeness (QED) is 0.778. The van der Waals surface area contributed by atoms with Gasteiger partial charge >= 0.3 is 0 Å². The van der Waals surface area contributed by atoms with Gasteiger partial charge in [-0.3, -0.25) is 4.90 Å². The molecule has 0 unspecified atom stereocenters. The van der Waals surface area contributed by atoms with Crippen molar-refractivity contribution in [3.05, 3.63) is 29.8 Å². The predicted molar refractivity (Wildman–Crippen MR) is 99.6 cm³/mol. The topological polar surface area (TPSA) is 27.7 Å². The second kappa shape index (κ2) is 10.0. The number of hydrogen-bond acceptors (Lipinski definition) is 4. The van der Waals surface area contributed by atoms with E-state index < -0.39 is 0 Å². The maximum absolute atomic E-state index is 5.91. The molecule has 0 atom stereocenters.